The van der Waals surface area contributed by atoms with Gasteiger partial charge < -0.3 is 10.2 Å². The van der Waals surface area contributed by atoms with Crippen LogP contribution in [0.3, 0.4) is 0 Å². The summed E-state index contributed by atoms with van der Waals surface area (Å²) < 4.78 is 1.74. The van der Waals surface area contributed by atoms with Crippen LogP contribution in [0.5, 0.6) is 0 Å². The van der Waals surface area contributed by atoms with Crippen molar-refractivity contribution in [2.45, 2.75) is 39.2 Å². The highest BCUT2D eigenvalue weighted by atomic mass is 16.2. The lowest BCUT2D eigenvalue weighted by atomic mass is 10.0. The van der Waals surface area contributed by atoms with E-state index in [1.807, 2.05) is 25.1 Å². The van der Waals surface area contributed by atoms with Crippen LogP contribution in [0.4, 0.5) is 0 Å². The lowest BCUT2D eigenvalue weighted by Crippen LogP contribution is -2.46. The fourth-order valence-electron chi connectivity index (χ4n) is 2.82. The molecule has 0 bridgehead atoms. The van der Waals surface area contributed by atoms with Crippen molar-refractivity contribution in [3.8, 4) is 0 Å². The molecule has 0 aromatic carbocycles. The molecule has 2 heterocycles. The molecule has 1 aliphatic rings. The first-order valence-electron chi connectivity index (χ1n) is 7.21. The van der Waals surface area contributed by atoms with Crippen LogP contribution in [-0.4, -0.2) is 46.3 Å². The number of hydrogen-bond donors (Lipinski definition) is 1. The Labute approximate surface area is 115 Å². The summed E-state index contributed by atoms with van der Waals surface area (Å²) in [5, 5.41) is 7.71. The molecule has 5 nitrogen and oxygen atoms in total. The van der Waals surface area contributed by atoms with Crippen LogP contribution in [0.2, 0.25) is 0 Å². The van der Waals surface area contributed by atoms with Crippen molar-refractivity contribution in [2.75, 3.05) is 19.6 Å². The van der Waals surface area contributed by atoms with Crippen molar-refractivity contribution >= 4 is 5.91 Å². The average molecular weight is 264 g/mol. The van der Waals surface area contributed by atoms with Crippen LogP contribution in [0.15, 0.2) is 6.20 Å². The molecule has 1 aromatic rings. The maximum absolute atomic E-state index is 12.7. The lowest BCUT2D eigenvalue weighted by molar-refractivity contribution is 0.0655. The number of rotatable bonds is 4. The molecule has 0 radical (unpaired) electrons. The van der Waals surface area contributed by atoms with Crippen molar-refractivity contribution in [3.63, 3.8) is 0 Å². The normalized spacial score (nSPS) is 16.6. The van der Waals surface area contributed by atoms with E-state index in [1.165, 1.54) is 0 Å². The minimum absolute atomic E-state index is 0.138. The Kier molecular flexibility index (Phi) is 4.58. The number of hydrogen-bond acceptors (Lipinski definition) is 3. The molecule has 19 heavy (non-hydrogen) atoms. The van der Waals surface area contributed by atoms with Gasteiger partial charge in [0.15, 0.2) is 0 Å². The molecule has 5 heteroatoms. The van der Waals surface area contributed by atoms with E-state index in [0.717, 1.165) is 50.2 Å². The van der Waals surface area contributed by atoms with Crippen LogP contribution in [0, 0.1) is 0 Å². The topological polar surface area (TPSA) is 50.2 Å². The van der Waals surface area contributed by atoms with Gasteiger partial charge in [-0.2, -0.15) is 5.10 Å². The van der Waals surface area contributed by atoms with Gasteiger partial charge in [-0.3, -0.25) is 9.48 Å². The van der Waals surface area contributed by atoms with E-state index in [0.29, 0.717) is 6.04 Å². The largest absolute Gasteiger partial charge is 0.336 e. The Bertz CT molecular complexity index is 435. The molecule has 1 amide bonds. The molecule has 0 spiro atoms. The van der Waals surface area contributed by atoms with Gasteiger partial charge in [-0.15, -0.1) is 0 Å². The van der Waals surface area contributed by atoms with Gasteiger partial charge in [0.05, 0.1) is 11.3 Å². The van der Waals surface area contributed by atoms with E-state index in [2.05, 4.69) is 17.3 Å². The van der Waals surface area contributed by atoms with Crippen molar-refractivity contribution in [3.05, 3.63) is 17.5 Å². The summed E-state index contributed by atoms with van der Waals surface area (Å²) in [6.07, 6.45) is 4.74. The number of aromatic nitrogens is 2. The standard InChI is InChI=1S/C14H24N4O/c1-4-13-12(10-17(3)16-13)14(19)18(5-2)11-6-8-15-9-7-11/h10-11,15H,4-9H2,1-3H3. The summed E-state index contributed by atoms with van der Waals surface area (Å²) in [4.78, 5) is 14.7. The average Bonchev–Trinajstić information content (AvgIpc) is 2.82. The SMILES string of the molecule is CCc1nn(C)cc1C(=O)N(CC)C1CCNCC1. The minimum Gasteiger partial charge on any atom is -0.336 e. The van der Waals surface area contributed by atoms with E-state index >= 15 is 0 Å². The van der Waals surface area contributed by atoms with Crippen LogP contribution < -0.4 is 5.32 Å². The van der Waals surface area contributed by atoms with E-state index < -0.39 is 0 Å². The number of nitrogens with zero attached hydrogens (tertiary/aromatic N) is 3. The third-order valence-electron chi connectivity index (χ3n) is 3.82. The highest BCUT2D eigenvalue weighted by molar-refractivity contribution is 5.95. The predicted octanol–water partition coefficient (Wildman–Crippen LogP) is 1.20. The smallest absolute Gasteiger partial charge is 0.257 e. The Morgan fingerprint density at radius 1 is 1.47 bits per heavy atom. The Morgan fingerprint density at radius 3 is 2.74 bits per heavy atom. The quantitative estimate of drug-likeness (QED) is 0.889. The maximum Gasteiger partial charge on any atom is 0.257 e. The van der Waals surface area contributed by atoms with Gasteiger partial charge in [0, 0.05) is 25.8 Å². The van der Waals surface area contributed by atoms with Crippen LogP contribution >= 0.6 is 0 Å². The Morgan fingerprint density at radius 2 is 2.16 bits per heavy atom. The second-order valence-electron chi connectivity index (χ2n) is 5.09. The van der Waals surface area contributed by atoms with Crippen molar-refractivity contribution in [1.29, 1.82) is 0 Å². The maximum atomic E-state index is 12.7. The molecule has 2 rings (SSSR count). The molecule has 1 aliphatic heterocycles. The van der Waals surface area contributed by atoms with E-state index in [-0.39, 0.29) is 5.91 Å². The van der Waals surface area contributed by atoms with Gasteiger partial charge >= 0.3 is 0 Å². The van der Waals surface area contributed by atoms with Crippen LogP contribution in [0.25, 0.3) is 0 Å². The number of piperidine rings is 1. The second-order valence-corrected chi connectivity index (χ2v) is 5.09. The van der Waals surface area contributed by atoms with Gasteiger partial charge in [-0.1, -0.05) is 6.92 Å². The number of carbonyl (C=O) groups is 1. The zero-order chi connectivity index (χ0) is 13.8. The molecule has 1 aromatic heterocycles. The Hall–Kier alpha value is -1.36. The van der Waals surface area contributed by atoms with Crippen LogP contribution in [0.1, 0.15) is 42.7 Å². The third-order valence-corrected chi connectivity index (χ3v) is 3.82. The molecule has 0 aliphatic carbocycles. The molecule has 0 saturated carbocycles. The fourth-order valence-corrected chi connectivity index (χ4v) is 2.82. The number of aryl methyl sites for hydroxylation is 2. The van der Waals surface area contributed by atoms with Gasteiger partial charge in [0.2, 0.25) is 0 Å². The first-order chi connectivity index (χ1) is 9.17. The Balaban J connectivity index is 2.19. The summed E-state index contributed by atoms with van der Waals surface area (Å²) in [6, 6.07) is 0.365. The van der Waals surface area contributed by atoms with Gasteiger partial charge in [-0.05, 0) is 39.3 Å². The first-order valence-corrected chi connectivity index (χ1v) is 7.21. The minimum atomic E-state index is 0.138. The van der Waals surface area contributed by atoms with Gasteiger partial charge in [-0.25, -0.2) is 0 Å². The first kappa shape index (κ1) is 14.1. The van der Waals surface area contributed by atoms with Gasteiger partial charge in [0.25, 0.3) is 5.91 Å². The van der Waals surface area contributed by atoms with Crippen molar-refractivity contribution in [1.82, 2.24) is 20.0 Å². The third kappa shape index (κ3) is 2.97. The van der Waals surface area contributed by atoms with Gasteiger partial charge in [0.1, 0.15) is 0 Å². The van der Waals surface area contributed by atoms with Crippen LogP contribution in [-0.2, 0) is 13.5 Å². The summed E-state index contributed by atoms with van der Waals surface area (Å²) in [5.41, 5.74) is 1.67. The van der Waals surface area contributed by atoms with Crippen molar-refractivity contribution < 1.29 is 4.79 Å². The monoisotopic (exact) mass is 264 g/mol. The zero-order valence-corrected chi connectivity index (χ0v) is 12.1. The summed E-state index contributed by atoms with van der Waals surface area (Å²) in [6.45, 7) is 6.87. The highest BCUT2D eigenvalue weighted by Gasteiger charge is 2.27. The molecule has 1 saturated heterocycles. The predicted molar refractivity (Wildman–Crippen MR) is 75.2 cm³/mol. The fraction of sp³-hybridized carbons (Fsp3) is 0.714. The lowest BCUT2D eigenvalue weighted by Gasteiger charge is -2.33. The summed E-state index contributed by atoms with van der Waals surface area (Å²) in [7, 11) is 1.87. The van der Waals surface area contributed by atoms with E-state index in [9.17, 15) is 4.79 Å². The van der Waals surface area contributed by atoms with E-state index in [4.69, 9.17) is 0 Å². The number of nitrogens with one attached hydrogen (secondary N) is 1. The second kappa shape index (κ2) is 6.19. The molecule has 1 fully saturated rings. The van der Waals surface area contributed by atoms with Crippen molar-refractivity contribution in [2.24, 2.45) is 7.05 Å². The zero-order valence-electron chi connectivity index (χ0n) is 12.1. The molecule has 1 N–H and O–H groups in total. The molecule has 106 valence electrons. The van der Waals surface area contributed by atoms with E-state index in [1.54, 1.807) is 4.68 Å². The molecular weight excluding hydrogens is 240 g/mol. The molecule has 0 unspecified atom stereocenters. The highest BCUT2D eigenvalue weighted by Crippen LogP contribution is 2.17. The molecular formula is C14H24N4O. The summed E-state index contributed by atoms with van der Waals surface area (Å²) >= 11 is 0. The number of amides is 1. The number of carbonyl (C=O) groups excluding carboxylic acids is 1. The summed E-state index contributed by atoms with van der Waals surface area (Å²) in [5.74, 6) is 0.138. The molecule has 0 atom stereocenters.